The number of para-hydroxylation sites is 1. The summed E-state index contributed by atoms with van der Waals surface area (Å²) in [4.78, 5) is 28.6. The molecule has 1 aliphatic carbocycles. The lowest BCUT2D eigenvalue weighted by Crippen LogP contribution is -2.47. The van der Waals surface area contributed by atoms with Gasteiger partial charge in [-0.2, -0.15) is 0 Å². The number of hydrogen-bond acceptors (Lipinski definition) is 9. The summed E-state index contributed by atoms with van der Waals surface area (Å²) in [6, 6.07) is 10.9. The van der Waals surface area contributed by atoms with Crippen molar-refractivity contribution in [3.63, 3.8) is 0 Å². The molecule has 0 unspecified atom stereocenters. The maximum Gasteiger partial charge on any atom is 0.310 e. The van der Waals surface area contributed by atoms with Gasteiger partial charge in [-0.1, -0.05) is 18.2 Å². The Morgan fingerprint density at radius 3 is 2.72 bits per heavy atom. The fourth-order valence-electron chi connectivity index (χ4n) is 6.79. The van der Waals surface area contributed by atoms with Gasteiger partial charge >= 0.3 is 11.9 Å². The zero-order valence-corrected chi connectivity index (χ0v) is 22.2. The number of phenols is 1. The second-order valence-electron chi connectivity index (χ2n) is 10.6. The molecule has 206 valence electrons. The molecule has 0 radical (unpaired) electrons. The summed E-state index contributed by atoms with van der Waals surface area (Å²) in [5.41, 5.74) is 2.41. The van der Waals surface area contributed by atoms with Gasteiger partial charge in [0.05, 0.1) is 38.0 Å². The lowest BCUT2D eigenvalue weighted by atomic mass is 9.77. The topological polar surface area (TPSA) is 104 Å². The van der Waals surface area contributed by atoms with E-state index in [1.54, 1.807) is 31.4 Å². The van der Waals surface area contributed by atoms with Crippen molar-refractivity contribution in [2.45, 2.75) is 49.7 Å². The number of hydrogen-bond donors (Lipinski definition) is 1. The predicted octanol–water partition coefficient (Wildman–Crippen LogP) is 3.47. The first kappa shape index (κ1) is 25.6. The molecule has 1 fully saturated rings. The van der Waals surface area contributed by atoms with E-state index in [0.29, 0.717) is 17.1 Å². The smallest absolute Gasteiger partial charge is 0.310 e. The SMILES string of the molecule is COC(=O)C[C@H](Cc1ccccc1O)C(=O)O[C@@H]1C(OC)=C[C@]23CCCN2CCc2cc4c(cc2[C@H]13)OCO4. The van der Waals surface area contributed by atoms with Crippen LogP contribution in [0.15, 0.2) is 48.2 Å². The van der Waals surface area contributed by atoms with E-state index in [-0.39, 0.29) is 36.8 Å². The maximum atomic E-state index is 13.8. The fraction of sp³-hybridized carbons (Fsp3) is 0.467. The molecule has 1 saturated heterocycles. The third-order valence-corrected chi connectivity index (χ3v) is 8.64. The summed E-state index contributed by atoms with van der Waals surface area (Å²) in [7, 11) is 2.89. The number of ether oxygens (including phenoxy) is 5. The van der Waals surface area contributed by atoms with Gasteiger partial charge < -0.3 is 28.8 Å². The Labute approximate surface area is 227 Å². The predicted molar refractivity (Wildman–Crippen MR) is 139 cm³/mol. The monoisotopic (exact) mass is 535 g/mol. The highest BCUT2D eigenvalue weighted by atomic mass is 16.7. The van der Waals surface area contributed by atoms with Gasteiger partial charge in [-0.15, -0.1) is 0 Å². The van der Waals surface area contributed by atoms with Crippen molar-refractivity contribution in [2.75, 3.05) is 34.1 Å². The van der Waals surface area contributed by atoms with E-state index in [2.05, 4.69) is 17.0 Å². The molecule has 3 heterocycles. The van der Waals surface area contributed by atoms with Crippen LogP contribution in [-0.4, -0.2) is 67.7 Å². The lowest BCUT2D eigenvalue weighted by molar-refractivity contribution is -0.159. The molecule has 9 nitrogen and oxygen atoms in total. The minimum absolute atomic E-state index is 0.0628. The molecule has 0 amide bonds. The molecule has 0 aromatic heterocycles. The van der Waals surface area contributed by atoms with Crippen LogP contribution in [0.4, 0.5) is 0 Å². The minimum Gasteiger partial charge on any atom is -0.508 e. The molecule has 0 saturated carbocycles. The van der Waals surface area contributed by atoms with Crippen molar-refractivity contribution in [1.29, 1.82) is 0 Å². The zero-order valence-electron chi connectivity index (χ0n) is 22.2. The second-order valence-corrected chi connectivity index (χ2v) is 10.6. The number of carbonyl (C=O) groups excluding carboxylic acids is 2. The molecular weight excluding hydrogens is 502 g/mol. The average molecular weight is 536 g/mol. The van der Waals surface area contributed by atoms with Gasteiger partial charge in [0.15, 0.2) is 17.6 Å². The van der Waals surface area contributed by atoms with Crippen LogP contribution in [0.5, 0.6) is 17.2 Å². The van der Waals surface area contributed by atoms with Crippen LogP contribution >= 0.6 is 0 Å². The van der Waals surface area contributed by atoms with Crippen LogP contribution < -0.4 is 9.47 Å². The summed E-state index contributed by atoms with van der Waals surface area (Å²) < 4.78 is 28.5. The Morgan fingerprint density at radius 1 is 1.15 bits per heavy atom. The molecule has 4 atom stereocenters. The van der Waals surface area contributed by atoms with E-state index in [9.17, 15) is 14.7 Å². The van der Waals surface area contributed by atoms with Gasteiger partial charge in [0, 0.05) is 6.54 Å². The van der Waals surface area contributed by atoms with Crippen molar-refractivity contribution in [3.05, 3.63) is 64.9 Å². The van der Waals surface area contributed by atoms with Gasteiger partial charge in [-0.05, 0) is 73.2 Å². The largest absolute Gasteiger partial charge is 0.508 e. The van der Waals surface area contributed by atoms with Gasteiger partial charge in [0.1, 0.15) is 11.5 Å². The van der Waals surface area contributed by atoms with Gasteiger partial charge in [-0.3, -0.25) is 14.5 Å². The second kappa shape index (κ2) is 10.1. The number of esters is 2. The number of rotatable bonds is 7. The van der Waals surface area contributed by atoms with Crippen LogP contribution in [0.3, 0.4) is 0 Å². The summed E-state index contributed by atoms with van der Waals surface area (Å²) in [5.74, 6) is -0.0292. The van der Waals surface area contributed by atoms with Gasteiger partial charge in [-0.25, -0.2) is 0 Å². The minimum atomic E-state index is -0.845. The highest BCUT2D eigenvalue weighted by molar-refractivity contribution is 5.80. The third-order valence-electron chi connectivity index (χ3n) is 8.64. The molecular formula is C30H33NO8. The normalized spacial score (nSPS) is 25.5. The number of benzene rings is 2. The standard InChI is InChI=1S/C30H33NO8/c1-35-25-16-30-9-5-10-31(30)11-8-18-13-23-24(38-17-37-23)15-21(18)27(30)28(25)39-29(34)20(14-26(33)36-2)12-19-6-3-4-7-22(19)32/h3-4,6-7,13,15-16,20,27-28,32H,5,8-12,14,17H2,1-2H3/t20-,27+,28+,30-/m0/s1. The van der Waals surface area contributed by atoms with Crippen molar-refractivity contribution < 1.29 is 38.4 Å². The Bertz CT molecular complexity index is 1320. The van der Waals surface area contributed by atoms with E-state index in [0.717, 1.165) is 49.2 Å². The molecule has 6 rings (SSSR count). The van der Waals surface area contributed by atoms with Crippen molar-refractivity contribution in [1.82, 2.24) is 4.90 Å². The zero-order chi connectivity index (χ0) is 27.1. The van der Waals surface area contributed by atoms with Crippen LogP contribution in [0.1, 0.15) is 41.9 Å². The molecule has 0 bridgehead atoms. The molecule has 2 aromatic rings. The highest BCUT2D eigenvalue weighted by Gasteiger charge is 2.58. The van der Waals surface area contributed by atoms with E-state index >= 15 is 0 Å². The fourth-order valence-corrected chi connectivity index (χ4v) is 6.79. The lowest BCUT2D eigenvalue weighted by Gasteiger charge is -2.39. The van der Waals surface area contributed by atoms with Crippen LogP contribution in [0.2, 0.25) is 0 Å². The first-order valence-corrected chi connectivity index (χ1v) is 13.4. The van der Waals surface area contributed by atoms with Crippen LogP contribution in [0.25, 0.3) is 0 Å². The Balaban J connectivity index is 1.37. The van der Waals surface area contributed by atoms with E-state index in [4.69, 9.17) is 23.7 Å². The number of methoxy groups -OCH3 is 2. The number of aromatic hydroxyl groups is 1. The summed E-state index contributed by atoms with van der Waals surface area (Å²) >= 11 is 0. The third kappa shape index (κ3) is 4.38. The summed E-state index contributed by atoms with van der Waals surface area (Å²) in [5, 5.41) is 10.3. The van der Waals surface area contributed by atoms with Crippen molar-refractivity contribution >= 4 is 11.9 Å². The molecule has 4 aliphatic rings. The molecule has 1 spiro atoms. The Hall–Kier alpha value is -3.72. The van der Waals surface area contributed by atoms with Crippen molar-refractivity contribution in [3.8, 4) is 17.2 Å². The average Bonchev–Trinajstić information content (AvgIpc) is 3.63. The molecule has 3 aliphatic heterocycles. The van der Waals surface area contributed by atoms with E-state index in [1.807, 2.05) is 6.07 Å². The van der Waals surface area contributed by atoms with Gasteiger partial charge in [0.25, 0.3) is 0 Å². The Morgan fingerprint density at radius 2 is 1.95 bits per heavy atom. The molecule has 39 heavy (non-hydrogen) atoms. The molecule has 2 aromatic carbocycles. The quantitative estimate of drug-likeness (QED) is 0.534. The van der Waals surface area contributed by atoms with E-state index < -0.39 is 24.0 Å². The first-order chi connectivity index (χ1) is 18.9. The number of carbonyl (C=O) groups is 2. The number of fused-ring (bicyclic) bond motifs is 3. The summed E-state index contributed by atoms with van der Waals surface area (Å²) in [6.45, 7) is 2.00. The Kier molecular flexibility index (Phi) is 6.62. The number of phenolic OH excluding ortho intramolecular Hbond substituents is 1. The van der Waals surface area contributed by atoms with Crippen LogP contribution in [0, 0.1) is 5.92 Å². The first-order valence-electron chi connectivity index (χ1n) is 13.4. The molecule has 1 N–H and O–H groups in total. The highest BCUT2D eigenvalue weighted by Crippen LogP contribution is 2.55. The van der Waals surface area contributed by atoms with Crippen LogP contribution in [-0.2, 0) is 36.6 Å². The maximum absolute atomic E-state index is 13.8. The van der Waals surface area contributed by atoms with E-state index in [1.165, 1.54) is 7.11 Å². The summed E-state index contributed by atoms with van der Waals surface area (Å²) in [6.07, 6.45) is 4.21. The van der Waals surface area contributed by atoms with Crippen molar-refractivity contribution in [2.24, 2.45) is 5.92 Å². The van der Waals surface area contributed by atoms with Gasteiger partial charge in [0.2, 0.25) is 6.79 Å². The number of nitrogens with zero attached hydrogens (tertiary/aromatic N) is 1. The molecule has 9 heteroatoms.